The molecule has 0 aromatic heterocycles. The van der Waals surface area contributed by atoms with Crippen molar-refractivity contribution in [3.8, 4) is 11.1 Å². The van der Waals surface area contributed by atoms with Gasteiger partial charge in [0.05, 0.1) is 0 Å². The van der Waals surface area contributed by atoms with Gasteiger partial charge in [0.2, 0.25) is 0 Å². The first-order chi connectivity index (χ1) is 15.5. The first-order valence-corrected chi connectivity index (χ1v) is 12.8. The average molecular weight is 425 g/mol. The van der Waals surface area contributed by atoms with Crippen LogP contribution in [0.4, 0.5) is 0 Å². The summed E-state index contributed by atoms with van der Waals surface area (Å²) in [5.41, 5.74) is 11.5. The maximum absolute atomic E-state index is 2.47. The lowest BCUT2D eigenvalue weighted by atomic mass is 9.78. The lowest BCUT2D eigenvalue weighted by Gasteiger charge is -2.27. The summed E-state index contributed by atoms with van der Waals surface area (Å²) in [4.78, 5) is 0. The Hall–Kier alpha value is -2.34. The van der Waals surface area contributed by atoms with Gasteiger partial charge in [-0.25, -0.2) is 0 Å². The van der Waals surface area contributed by atoms with Crippen molar-refractivity contribution in [3.05, 3.63) is 94.0 Å². The van der Waals surface area contributed by atoms with Crippen LogP contribution in [0.25, 0.3) is 11.1 Å². The smallest absolute Gasteiger partial charge is 0.0125 e. The lowest BCUT2D eigenvalue weighted by Crippen LogP contribution is -2.11. The quantitative estimate of drug-likeness (QED) is 0.332. The molecule has 1 saturated carbocycles. The molecule has 0 atom stereocenters. The highest BCUT2D eigenvalue weighted by atomic mass is 14.3. The van der Waals surface area contributed by atoms with Crippen molar-refractivity contribution in [2.45, 2.75) is 85.0 Å². The minimum atomic E-state index is 0.764. The van der Waals surface area contributed by atoms with Crippen molar-refractivity contribution in [2.75, 3.05) is 0 Å². The fourth-order valence-corrected chi connectivity index (χ4v) is 5.53. The van der Waals surface area contributed by atoms with Crippen molar-refractivity contribution in [1.82, 2.24) is 0 Å². The minimum Gasteiger partial charge on any atom is -0.0625 e. The summed E-state index contributed by atoms with van der Waals surface area (Å²) in [5, 5.41) is 0. The molecule has 0 spiro atoms. The molecule has 0 N–H and O–H groups in total. The molecule has 0 aliphatic heterocycles. The first-order valence-electron chi connectivity index (χ1n) is 12.8. The maximum atomic E-state index is 2.47. The molecule has 1 fully saturated rings. The zero-order valence-corrected chi connectivity index (χ0v) is 20.6. The standard InChI is InChI=1S/C32H40/c1-23-9-13-27(14-10-23)7-5-6-8-28-15-19-30(20-16-28)32-25(3)21-31(22-26(32)4)29-17-11-24(2)12-18-29/h9-10,13-16,19-22,24,29H,5-8,11-12,17-18H2,1-4H3. The zero-order chi connectivity index (χ0) is 22.5. The Morgan fingerprint density at radius 2 is 1.16 bits per heavy atom. The molecule has 0 heteroatoms. The van der Waals surface area contributed by atoms with E-state index >= 15 is 0 Å². The van der Waals surface area contributed by atoms with Gasteiger partial charge in [0.25, 0.3) is 0 Å². The van der Waals surface area contributed by atoms with Crippen LogP contribution in [0, 0.1) is 26.7 Å². The third-order valence-corrected chi connectivity index (χ3v) is 7.59. The van der Waals surface area contributed by atoms with Gasteiger partial charge in [-0.3, -0.25) is 0 Å². The Morgan fingerprint density at radius 1 is 0.656 bits per heavy atom. The van der Waals surface area contributed by atoms with E-state index in [1.807, 2.05) is 0 Å². The average Bonchev–Trinajstić information content (AvgIpc) is 2.79. The van der Waals surface area contributed by atoms with E-state index in [0.29, 0.717) is 0 Å². The largest absolute Gasteiger partial charge is 0.0625 e. The Bertz CT molecular complexity index is 976. The van der Waals surface area contributed by atoms with Gasteiger partial charge in [-0.2, -0.15) is 0 Å². The molecular formula is C32H40. The number of hydrogen-bond donors (Lipinski definition) is 0. The maximum Gasteiger partial charge on any atom is -0.0125 e. The normalized spacial score (nSPS) is 18.6. The molecule has 32 heavy (non-hydrogen) atoms. The molecule has 1 aliphatic rings. The monoisotopic (exact) mass is 424 g/mol. The van der Waals surface area contributed by atoms with Crippen molar-refractivity contribution in [2.24, 2.45) is 5.92 Å². The summed E-state index contributed by atoms with van der Waals surface area (Å²) in [6, 6.07) is 23.3. The van der Waals surface area contributed by atoms with E-state index in [0.717, 1.165) is 11.8 Å². The summed E-state index contributed by atoms with van der Waals surface area (Å²) in [6.07, 6.45) is 10.3. The number of unbranched alkanes of at least 4 members (excludes halogenated alkanes) is 1. The Labute approximate surface area is 196 Å². The van der Waals surface area contributed by atoms with E-state index in [1.165, 1.54) is 90.3 Å². The molecule has 1 aliphatic carbocycles. The molecule has 168 valence electrons. The van der Waals surface area contributed by atoms with Gasteiger partial charge in [0, 0.05) is 0 Å². The highest BCUT2D eigenvalue weighted by Gasteiger charge is 2.21. The van der Waals surface area contributed by atoms with Crippen molar-refractivity contribution in [1.29, 1.82) is 0 Å². The van der Waals surface area contributed by atoms with Crippen LogP contribution in [0.2, 0.25) is 0 Å². The van der Waals surface area contributed by atoms with Crippen molar-refractivity contribution in [3.63, 3.8) is 0 Å². The predicted octanol–water partition coefficient (Wildman–Crippen LogP) is 9.14. The summed E-state index contributed by atoms with van der Waals surface area (Å²) < 4.78 is 0. The second-order valence-corrected chi connectivity index (χ2v) is 10.4. The highest BCUT2D eigenvalue weighted by molar-refractivity contribution is 5.71. The van der Waals surface area contributed by atoms with E-state index in [-0.39, 0.29) is 0 Å². The number of aryl methyl sites for hydroxylation is 5. The number of hydrogen-bond acceptors (Lipinski definition) is 0. The molecule has 0 radical (unpaired) electrons. The van der Waals surface area contributed by atoms with Crippen LogP contribution in [0.1, 0.15) is 84.7 Å². The van der Waals surface area contributed by atoms with Gasteiger partial charge in [-0.15, -0.1) is 0 Å². The summed E-state index contributed by atoms with van der Waals surface area (Å²) >= 11 is 0. The summed E-state index contributed by atoms with van der Waals surface area (Å²) in [7, 11) is 0. The lowest BCUT2D eigenvalue weighted by molar-refractivity contribution is 0.348. The Balaban J connectivity index is 1.36. The Morgan fingerprint density at radius 3 is 1.69 bits per heavy atom. The van der Waals surface area contributed by atoms with E-state index in [4.69, 9.17) is 0 Å². The van der Waals surface area contributed by atoms with Crippen LogP contribution in [0.5, 0.6) is 0 Å². The summed E-state index contributed by atoms with van der Waals surface area (Å²) in [5.74, 6) is 1.67. The molecule has 3 aromatic rings. The molecule has 0 nitrogen and oxygen atoms in total. The van der Waals surface area contributed by atoms with Crippen LogP contribution in [-0.2, 0) is 12.8 Å². The molecule has 0 heterocycles. The molecule has 0 bridgehead atoms. The summed E-state index contributed by atoms with van der Waals surface area (Å²) in [6.45, 7) is 9.16. The van der Waals surface area contributed by atoms with E-state index in [1.54, 1.807) is 5.56 Å². The van der Waals surface area contributed by atoms with Gasteiger partial charge in [-0.05, 0) is 110 Å². The minimum absolute atomic E-state index is 0.764. The predicted molar refractivity (Wildman–Crippen MR) is 140 cm³/mol. The van der Waals surface area contributed by atoms with Gasteiger partial charge in [0.1, 0.15) is 0 Å². The van der Waals surface area contributed by atoms with Crippen LogP contribution < -0.4 is 0 Å². The highest BCUT2D eigenvalue weighted by Crippen LogP contribution is 2.38. The third-order valence-electron chi connectivity index (χ3n) is 7.59. The molecule has 0 amide bonds. The van der Waals surface area contributed by atoms with Gasteiger partial charge >= 0.3 is 0 Å². The number of benzene rings is 3. The van der Waals surface area contributed by atoms with Gasteiger partial charge < -0.3 is 0 Å². The van der Waals surface area contributed by atoms with Gasteiger partial charge in [-0.1, -0.05) is 86.0 Å². The van der Waals surface area contributed by atoms with E-state index in [2.05, 4.69) is 88.4 Å². The molecule has 0 unspecified atom stereocenters. The fraction of sp³-hybridized carbons (Fsp3) is 0.438. The molecule has 4 rings (SSSR count). The van der Waals surface area contributed by atoms with Gasteiger partial charge in [0.15, 0.2) is 0 Å². The second-order valence-electron chi connectivity index (χ2n) is 10.4. The topological polar surface area (TPSA) is 0 Å². The van der Waals surface area contributed by atoms with E-state index < -0.39 is 0 Å². The molecule has 0 saturated heterocycles. The van der Waals surface area contributed by atoms with Crippen molar-refractivity contribution < 1.29 is 0 Å². The van der Waals surface area contributed by atoms with Crippen molar-refractivity contribution >= 4 is 0 Å². The van der Waals surface area contributed by atoms with Crippen LogP contribution >= 0.6 is 0 Å². The third kappa shape index (κ3) is 5.71. The second kappa shape index (κ2) is 10.5. The Kier molecular flexibility index (Phi) is 7.51. The van der Waals surface area contributed by atoms with E-state index in [9.17, 15) is 0 Å². The molecular weight excluding hydrogens is 384 g/mol. The molecule has 3 aromatic carbocycles. The van der Waals surface area contributed by atoms with Crippen LogP contribution in [-0.4, -0.2) is 0 Å². The first kappa shape index (κ1) is 22.8. The SMILES string of the molecule is Cc1ccc(CCCCc2ccc(-c3c(C)cc(C4CCC(C)CC4)cc3C)cc2)cc1. The van der Waals surface area contributed by atoms with Crippen LogP contribution in [0.15, 0.2) is 60.7 Å². The zero-order valence-electron chi connectivity index (χ0n) is 20.6. The van der Waals surface area contributed by atoms with Crippen LogP contribution in [0.3, 0.4) is 0 Å². The fourth-order valence-electron chi connectivity index (χ4n) is 5.53. The number of rotatable bonds is 7.